The highest BCUT2D eigenvalue weighted by molar-refractivity contribution is 5.96. The van der Waals surface area contributed by atoms with E-state index in [-0.39, 0.29) is 10.6 Å². The standard InChI is InChI=1S/C16H19N3O2/c1-16(2)8-6-11(10-16)18-13-7-9-17-15-12(13)4-3-5-14(15)19(20)21/h3-5,7,9,11H,6,8,10H2,1-2H3,(H,17,18). The van der Waals surface area contributed by atoms with E-state index in [0.717, 1.165) is 23.9 Å². The summed E-state index contributed by atoms with van der Waals surface area (Å²) in [4.78, 5) is 14.9. The molecule has 5 heteroatoms. The Morgan fingerprint density at radius 2 is 2.19 bits per heavy atom. The number of hydrogen-bond donors (Lipinski definition) is 1. The summed E-state index contributed by atoms with van der Waals surface area (Å²) in [5, 5.41) is 15.5. The van der Waals surface area contributed by atoms with E-state index < -0.39 is 0 Å². The molecule has 0 spiro atoms. The zero-order chi connectivity index (χ0) is 15.0. The van der Waals surface area contributed by atoms with Crippen LogP contribution >= 0.6 is 0 Å². The van der Waals surface area contributed by atoms with Gasteiger partial charge in [0.2, 0.25) is 0 Å². The van der Waals surface area contributed by atoms with Gasteiger partial charge in [0.25, 0.3) is 5.69 Å². The Hall–Kier alpha value is -2.17. The van der Waals surface area contributed by atoms with Crippen LogP contribution in [0.2, 0.25) is 0 Å². The van der Waals surface area contributed by atoms with Gasteiger partial charge in [-0.15, -0.1) is 0 Å². The Morgan fingerprint density at radius 1 is 1.38 bits per heavy atom. The third-order valence-electron chi connectivity index (χ3n) is 4.27. The molecule has 0 saturated heterocycles. The summed E-state index contributed by atoms with van der Waals surface area (Å²) in [6.45, 7) is 4.56. The summed E-state index contributed by atoms with van der Waals surface area (Å²) in [5.74, 6) is 0. The summed E-state index contributed by atoms with van der Waals surface area (Å²) < 4.78 is 0. The summed E-state index contributed by atoms with van der Waals surface area (Å²) in [6.07, 6.45) is 5.09. The number of nitrogens with one attached hydrogen (secondary N) is 1. The van der Waals surface area contributed by atoms with E-state index in [0.29, 0.717) is 17.0 Å². The fourth-order valence-electron chi connectivity index (χ4n) is 3.21. The van der Waals surface area contributed by atoms with Crippen molar-refractivity contribution in [2.45, 2.75) is 39.2 Å². The monoisotopic (exact) mass is 285 g/mol. The van der Waals surface area contributed by atoms with Gasteiger partial charge >= 0.3 is 0 Å². The van der Waals surface area contributed by atoms with Gasteiger partial charge < -0.3 is 5.32 Å². The number of rotatable bonds is 3. The van der Waals surface area contributed by atoms with Crippen LogP contribution in [-0.2, 0) is 0 Å². The Bertz CT molecular complexity index is 697. The first-order valence-corrected chi connectivity index (χ1v) is 7.25. The predicted molar refractivity (Wildman–Crippen MR) is 83.4 cm³/mol. The van der Waals surface area contributed by atoms with Gasteiger partial charge in [-0.2, -0.15) is 0 Å². The molecule has 0 amide bonds. The second kappa shape index (κ2) is 4.98. The molecular weight excluding hydrogens is 266 g/mol. The SMILES string of the molecule is CC1(C)CCC(Nc2ccnc3c([N+](=O)[O-])cccc23)C1. The van der Waals surface area contributed by atoms with E-state index in [1.807, 2.05) is 12.1 Å². The van der Waals surface area contributed by atoms with E-state index >= 15 is 0 Å². The number of aromatic nitrogens is 1. The van der Waals surface area contributed by atoms with Crippen molar-refractivity contribution in [1.82, 2.24) is 4.98 Å². The molecule has 1 aromatic carbocycles. The number of fused-ring (bicyclic) bond motifs is 1. The largest absolute Gasteiger partial charge is 0.382 e. The number of benzene rings is 1. The quantitative estimate of drug-likeness (QED) is 0.680. The number of non-ortho nitro benzene ring substituents is 1. The minimum absolute atomic E-state index is 0.0582. The maximum atomic E-state index is 11.1. The van der Waals surface area contributed by atoms with E-state index in [2.05, 4.69) is 24.1 Å². The molecule has 21 heavy (non-hydrogen) atoms. The molecule has 1 unspecified atom stereocenters. The summed E-state index contributed by atoms with van der Waals surface area (Å²) >= 11 is 0. The van der Waals surface area contributed by atoms with Crippen LogP contribution in [0.1, 0.15) is 33.1 Å². The molecule has 1 aromatic heterocycles. The number of nitro groups is 1. The lowest BCUT2D eigenvalue weighted by Crippen LogP contribution is -2.17. The molecular formula is C16H19N3O2. The van der Waals surface area contributed by atoms with Crippen LogP contribution in [-0.4, -0.2) is 15.9 Å². The molecule has 1 aliphatic rings. The lowest BCUT2D eigenvalue weighted by atomic mass is 9.92. The predicted octanol–water partition coefficient (Wildman–Crippen LogP) is 4.13. The lowest BCUT2D eigenvalue weighted by Gasteiger charge is -2.19. The van der Waals surface area contributed by atoms with Gasteiger partial charge in [-0.3, -0.25) is 10.1 Å². The fraction of sp³-hybridized carbons (Fsp3) is 0.438. The molecule has 0 aliphatic heterocycles. The first-order chi connectivity index (χ1) is 9.96. The molecule has 5 nitrogen and oxygen atoms in total. The van der Waals surface area contributed by atoms with Gasteiger partial charge in [-0.05, 0) is 30.7 Å². The molecule has 0 radical (unpaired) electrons. The summed E-state index contributed by atoms with van der Waals surface area (Å²) in [6, 6.07) is 7.42. The van der Waals surface area contributed by atoms with Crippen molar-refractivity contribution >= 4 is 22.3 Å². The highest BCUT2D eigenvalue weighted by Gasteiger charge is 2.31. The fourth-order valence-corrected chi connectivity index (χ4v) is 3.21. The second-order valence-electron chi connectivity index (χ2n) is 6.54. The van der Waals surface area contributed by atoms with Crippen molar-refractivity contribution < 1.29 is 4.92 Å². The van der Waals surface area contributed by atoms with E-state index in [4.69, 9.17) is 0 Å². The van der Waals surface area contributed by atoms with Crippen LogP contribution in [0.15, 0.2) is 30.5 Å². The van der Waals surface area contributed by atoms with Crippen LogP contribution in [0.5, 0.6) is 0 Å². The molecule has 110 valence electrons. The molecule has 1 atom stereocenters. The topological polar surface area (TPSA) is 68.1 Å². The lowest BCUT2D eigenvalue weighted by molar-refractivity contribution is -0.383. The first kappa shape index (κ1) is 13.8. The van der Waals surface area contributed by atoms with Crippen molar-refractivity contribution in [2.75, 3.05) is 5.32 Å². The molecule has 1 aliphatic carbocycles. The molecule has 0 bridgehead atoms. The number of nitro benzene ring substituents is 1. The van der Waals surface area contributed by atoms with Gasteiger partial charge in [-0.1, -0.05) is 26.0 Å². The Kier molecular flexibility index (Phi) is 3.27. The number of pyridine rings is 1. The molecule has 1 heterocycles. The highest BCUT2D eigenvalue weighted by Crippen LogP contribution is 2.39. The molecule has 1 fully saturated rings. The van der Waals surface area contributed by atoms with Crippen LogP contribution in [0.4, 0.5) is 11.4 Å². The van der Waals surface area contributed by atoms with Gasteiger partial charge in [0.15, 0.2) is 0 Å². The van der Waals surface area contributed by atoms with Crippen LogP contribution < -0.4 is 5.32 Å². The summed E-state index contributed by atoms with van der Waals surface area (Å²) in [5.41, 5.74) is 1.81. The van der Waals surface area contributed by atoms with E-state index in [1.165, 1.54) is 12.5 Å². The molecule has 1 saturated carbocycles. The van der Waals surface area contributed by atoms with Crippen molar-refractivity contribution in [1.29, 1.82) is 0 Å². The van der Waals surface area contributed by atoms with Crippen LogP contribution in [0.25, 0.3) is 10.9 Å². The molecule has 3 rings (SSSR count). The average molecular weight is 285 g/mol. The zero-order valence-electron chi connectivity index (χ0n) is 12.3. The van der Waals surface area contributed by atoms with Crippen molar-refractivity contribution in [3.8, 4) is 0 Å². The number of para-hydroxylation sites is 1. The van der Waals surface area contributed by atoms with E-state index in [9.17, 15) is 10.1 Å². The highest BCUT2D eigenvalue weighted by atomic mass is 16.6. The number of nitrogens with zero attached hydrogens (tertiary/aromatic N) is 2. The minimum Gasteiger partial charge on any atom is -0.382 e. The van der Waals surface area contributed by atoms with Gasteiger partial charge in [0.05, 0.1) is 4.92 Å². The summed E-state index contributed by atoms with van der Waals surface area (Å²) in [7, 11) is 0. The Balaban J connectivity index is 1.96. The number of hydrogen-bond acceptors (Lipinski definition) is 4. The Morgan fingerprint density at radius 3 is 2.86 bits per heavy atom. The third-order valence-corrected chi connectivity index (χ3v) is 4.27. The van der Waals surface area contributed by atoms with Gasteiger partial charge in [0.1, 0.15) is 5.52 Å². The van der Waals surface area contributed by atoms with E-state index in [1.54, 1.807) is 12.3 Å². The minimum atomic E-state index is -0.377. The van der Waals surface area contributed by atoms with Gasteiger partial charge in [-0.25, -0.2) is 4.98 Å². The zero-order valence-corrected chi connectivity index (χ0v) is 12.3. The van der Waals surface area contributed by atoms with Crippen molar-refractivity contribution in [3.05, 3.63) is 40.6 Å². The second-order valence-corrected chi connectivity index (χ2v) is 6.54. The smallest absolute Gasteiger partial charge is 0.295 e. The Labute approximate surface area is 123 Å². The number of anilines is 1. The van der Waals surface area contributed by atoms with Crippen LogP contribution in [0.3, 0.4) is 0 Å². The normalized spacial score (nSPS) is 20.6. The van der Waals surface area contributed by atoms with Crippen molar-refractivity contribution in [3.63, 3.8) is 0 Å². The van der Waals surface area contributed by atoms with Crippen molar-refractivity contribution in [2.24, 2.45) is 5.41 Å². The third kappa shape index (κ3) is 2.68. The maximum Gasteiger partial charge on any atom is 0.295 e. The first-order valence-electron chi connectivity index (χ1n) is 7.25. The molecule has 2 aromatic rings. The maximum absolute atomic E-state index is 11.1. The average Bonchev–Trinajstić information content (AvgIpc) is 2.77. The molecule has 1 N–H and O–H groups in total. The van der Waals surface area contributed by atoms with Gasteiger partial charge in [0, 0.05) is 29.4 Å². The van der Waals surface area contributed by atoms with Crippen LogP contribution in [0, 0.1) is 15.5 Å².